The summed E-state index contributed by atoms with van der Waals surface area (Å²) in [5, 5.41) is 9.74. The number of Topliss-reactive ketones (excluding diaryl/α,β-unsaturated/α-hetero) is 1. The van der Waals surface area contributed by atoms with Crippen molar-refractivity contribution in [3.8, 4) is 5.75 Å². The third kappa shape index (κ3) is 1.93. The van der Waals surface area contributed by atoms with Crippen molar-refractivity contribution in [3.63, 3.8) is 0 Å². The average Bonchev–Trinajstić information content (AvgIpc) is 2.28. The number of pyridine rings is 1. The lowest BCUT2D eigenvalue weighted by atomic mass is 10.1. The van der Waals surface area contributed by atoms with Crippen LogP contribution in [0.1, 0.15) is 10.4 Å². The second-order valence-electron chi connectivity index (χ2n) is 3.36. The monoisotopic (exact) mass is 241 g/mol. The summed E-state index contributed by atoms with van der Waals surface area (Å²) in [5.41, 5.74) is -0.514. The maximum atomic E-state index is 12.2. The highest BCUT2D eigenvalue weighted by molar-refractivity contribution is 6.06. The molecule has 0 aliphatic rings. The summed E-state index contributed by atoms with van der Waals surface area (Å²) in [6.07, 6.45) is -4.30. The Hall–Kier alpha value is -2.11. The zero-order valence-corrected chi connectivity index (χ0v) is 8.32. The third-order valence-corrected chi connectivity index (χ3v) is 2.25. The van der Waals surface area contributed by atoms with Gasteiger partial charge in [0.1, 0.15) is 5.75 Å². The number of hydrogen-bond donors (Lipinski definition) is 1. The van der Waals surface area contributed by atoms with E-state index in [1.54, 1.807) is 6.07 Å². The van der Waals surface area contributed by atoms with Crippen LogP contribution in [0.25, 0.3) is 10.9 Å². The Kier molecular flexibility index (Phi) is 2.49. The van der Waals surface area contributed by atoms with Crippen molar-refractivity contribution in [1.29, 1.82) is 0 Å². The van der Waals surface area contributed by atoms with E-state index in [2.05, 4.69) is 4.98 Å². The molecule has 0 amide bonds. The number of hydrogen-bond acceptors (Lipinski definition) is 3. The zero-order valence-electron chi connectivity index (χ0n) is 8.32. The van der Waals surface area contributed by atoms with Crippen LogP contribution in [0.4, 0.5) is 13.2 Å². The minimum Gasteiger partial charge on any atom is -0.506 e. The molecule has 1 N–H and O–H groups in total. The number of carbonyl (C=O) groups is 1. The largest absolute Gasteiger partial charge is 0.506 e. The average molecular weight is 241 g/mol. The molecule has 3 nitrogen and oxygen atoms in total. The van der Waals surface area contributed by atoms with Crippen LogP contribution < -0.4 is 0 Å². The van der Waals surface area contributed by atoms with Crippen molar-refractivity contribution >= 4 is 16.7 Å². The first-order valence-corrected chi connectivity index (χ1v) is 4.59. The van der Waals surface area contributed by atoms with Gasteiger partial charge >= 0.3 is 6.18 Å². The molecule has 0 bridgehead atoms. The molecule has 0 atom stereocenters. The predicted octanol–water partition coefficient (Wildman–Crippen LogP) is 2.69. The van der Waals surface area contributed by atoms with Gasteiger partial charge in [0.25, 0.3) is 5.78 Å². The lowest BCUT2D eigenvalue weighted by Gasteiger charge is -2.08. The molecule has 1 heterocycles. The van der Waals surface area contributed by atoms with Crippen molar-refractivity contribution < 1.29 is 23.1 Å². The van der Waals surface area contributed by atoms with Gasteiger partial charge in [-0.3, -0.25) is 9.78 Å². The quantitative estimate of drug-likeness (QED) is 0.781. The number of benzene rings is 1. The lowest BCUT2D eigenvalue weighted by molar-refractivity contribution is -0.0886. The summed E-state index contributed by atoms with van der Waals surface area (Å²) in [4.78, 5) is 14.7. The van der Waals surface area contributed by atoms with Gasteiger partial charge in [0.05, 0.1) is 11.1 Å². The second kappa shape index (κ2) is 3.73. The van der Waals surface area contributed by atoms with Gasteiger partial charge in [0.15, 0.2) is 0 Å². The summed E-state index contributed by atoms with van der Waals surface area (Å²) < 4.78 is 36.7. The van der Waals surface area contributed by atoms with Crippen LogP contribution in [-0.4, -0.2) is 22.1 Å². The maximum absolute atomic E-state index is 12.2. The molecule has 2 rings (SSSR count). The molecule has 6 heteroatoms. The minimum absolute atomic E-state index is 0.114. The van der Waals surface area contributed by atoms with E-state index in [0.717, 1.165) is 6.20 Å². The van der Waals surface area contributed by atoms with E-state index in [0.29, 0.717) is 5.52 Å². The molecule has 0 spiro atoms. The summed E-state index contributed by atoms with van der Waals surface area (Å²) in [6.45, 7) is 0. The number of rotatable bonds is 1. The summed E-state index contributed by atoms with van der Waals surface area (Å²) in [5.74, 6) is -2.80. The molecule has 0 saturated heterocycles. The Balaban J connectivity index is 2.65. The van der Waals surface area contributed by atoms with Crippen molar-refractivity contribution in [2.75, 3.05) is 0 Å². The Bertz CT molecular complexity index is 593. The van der Waals surface area contributed by atoms with Gasteiger partial charge in [-0.1, -0.05) is 12.1 Å². The van der Waals surface area contributed by atoms with Crippen molar-refractivity contribution in [3.05, 3.63) is 36.0 Å². The molecular formula is C11H6F3NO2. The number of alkyl halides is 3. The summed E-state index contributed by atoms with van der Waals surface area (Å²) in [6, 6.07) is 6.08. The fraction of sp³-hybridized carbons (Fsp3) is 0.0909. The number of aromatic hydroxyl groups is 1. The molecule has 17 heavy (non-hydrogen) atoms. The Morgan fingerprint density at radius 3 is 2.53 bits per heavy atom. The number of halogens is 3. The van der Waals surface area contributed by atoms with E-state index < -0.39 is 23.3 Å². The first-order valence-electron chi connectivity index (χ1n) is 4.59. The molecule has 0 fully saturated rings. The van der Waals surface area contributed by atoms with Gasteiger partial charge in [0, 0.05) is 11.6 Å². The second-order valence-corrected chi connectivity index (χ2v) is 3.36. The molecule has 0 unspecified atom stereocenters. The van der Waals surface area contributed by atoms with Crippen molar-refractivity contribution in [2.24, 2.45) is 0 Å². The Morgan fingerprint density at radius 2 is 1.88 bits per heavy atom. The van der Waals surface area contributed by atoms with Crippen LogP contribution in [0.3, 0.4) is 0 Å². The van der Waals surface area contributed by atoms with Crippen LogP contribution in [-0.2, 0) is 0 Å². The molecule has 1 aromatic carbocycles. The molecule has 0 aliphatic heterocycles. The highest BCUT2D eigenvalue weighted by Crippen LogP contribution is 2.31. The molecule has 1 aromatic heterocycles. The molecule has 88 valence electrons. The standard InChI is InChI=1S/C11H6F3NO2/c12-11(13,14)10(17)7-5-15-8-4-2-1-3-6(8)9(7)16/h1-5H,(H,15,16). The van der Waals surface area contributed by atoms with E-state index in [4.69, 9.17) is 0 Å². The van der Waals surface area contributed by atoms with Crippen LogP contribution in [0.5, 0.6) is 5.75 Å². The van der Waals surface area contributed by atoms with E-state index in [-0.39, 0.29) is 5.39 Å². The van der Waals surface area contributed by atoms with Crippen LogP contribution in [0.15, 0.2) is 30.5 Å². The number of ketones is 1. The normalized spacial score (nSPS) is 11.7. The molecule has 0 radical (unpaired) electrons. The molecular weight excluding hydrogens is 235 g/mol. The number of aromatic nitrogens is 1. The fourth-order valence-electron chi connectivity index (χ4n) is 1.45. The molecule has 2 aromatic rings. The topological polar surface area (TPSA) is 50.2 Å². The van der Waals surface area contributed by atoms with Crippen molar-refractivity contribution in [1.82, 2.24) is 4.98 Å². The SMILES string of the molecule is O=C(c1cnc2ccccc2c1O)C(F)(F)F. The predicted molar refractivity (Wildman–Crippen MR) is 53.8 cm³/mol. The fourth-order valence-corrected chi connectivity index (χ4v) is 1.45. The summed E-state index contributed by atoms with van der Waals surface area (Å²) >= 11 is 0. The minimum atomic E-state index is -5.03. The van der Waals surface area contributed by atoms with Gasteiger partial charge in [-0.2, -0.15) is 13.2 Å². The van der Waals surface area contributed by atoms with Crippen LogP contribution in [0, 0.1) is 0 Å². The lowest BCUT2D eigenvalue weighted by Crippen LogP contribution is -2.23. The molecule has 0 aliphatic carbocycles. The number of nitrogens with zero attached hydrogens (tertiary/aromatic N) is 1. The zero-order chi connectivity index (χ0) is 12.6. The van der Waals surface area contributed by atoms with E-state index >= 15 is 0 Å². The maximum Gasteiger partial charge on any atom is 0.455 e. The van der Waals surface area contributed by atoms with Gasteiger partial charge in [0.2, 0.25) is 0 Å². The summed E-state index contributed by atoms with van der Waals surface area (Å²) in [7, 11) is 0. The Labute approximate surface area is 93.5 Å². The number of carbonyl (C=O) groups excluding carboxylic acids is 1. The van der Waals surface area contributed by atoms with Gasteiger partial charge in [-0.25, -0.2) is 0 Å². The molecule has 0 saturated carbocycles. The van der Waals surface area contributed by atoms with Gasteiger partial charge < -0.3 is 5.11 Å². The Morgan fingerprint density at radius 1 is 1.24 bits per heavy atom. The van der Waals surface area contributed by atoms with E-state index in [1.165, 1.54) is 18.2 Å². The van der Waals surface area contributed by atoms with Crippen LogP contribution in [0.2, 0.25) is 0 Å². The first-order chi connectivity index (χ1) is 7.91. The van der Waals surface area contributed by atoms with Gasteiger partial charge in [-0.05, 0) is 12.1 Å². The third-order valence-electron chi connectivity index (χ3n) is 2.25. The first kappa shape index (κ1) is 11.4. The van der Waals surface area contributed by atoms with Crippen molar-refractivity contribution in [2.45, 2.75) is 6.18 Å². The highest BCUT2D eigenvalue weighted by Gasteiger charge is 2.41. The highest BCUT2D eigenvalue weighted by atomic mass is 19.4. The van der Waals surface area contributed by atoms with E-state index in [1.807, 2.05) is 0 Å². The van der Waals surface area contributed by atoms with Gasteiger partial charge in [-0.15, -0.1) is 0 Å². The number of fused-ring (bicyclic) bond motifs is 1. The van der Waals surface area contributed by atoms with E-state index in [9.17, 15) is 23.1 Å². The van der Waals surface area contributed by atoms with Crippen LogP contribution >= 0.6 is 0 Å². The number of para-hydroxylation sites is 1. The smallest absolute Gasteiger partial charge is 0.455 e.